The summed E-state index contributed by atoms with van der Waals surface area (Å²) in [5, 5.41) is 0. The van der Waals surface area contributed by atoms with E-state index < -0.39 is 0 Å². The summed E-state index contributed by atoms with van der Waals surface area (Å²) < 4.78 is 0. The van der Waals surface area contributed by atoms with Crippen LogP contribution in [0.25, 0.3) is 0 Å². The number of hydrogen-bond acceptors (Lipinski definition) is 0. The topological polar surface area (TPSA) is 31.5 Å². The second-order valence-corrected chi connectivity index (χ2v) is 0. The molecule has 1 nitrogen and oxygen atoms in total. The van der Waals surface area contributed by atoms with Crippen molar-refractivity contribution < 1.29 is 41.6 Å². The van der Waals surface area contributed by atoms with Crippen LogP contribution in [0.15, 0.2) is 0 Å². The van der Waals surface area contributed by atoms with Gasteiger partial charge in [0, 0.05) is 33.3 Å². The molecule has 0 fully saturated rings. The van der Waals surface area contributed by atoms with Gasteiger partial charge in [-0.15, -0.1) is 0 Å². The van der Waals surface area contributed by atoms with Crippen molar-refractivity contribution in [3.63, 3.8) is 0 Å². The summed E-state index contributed by atoms with van der Waals surface area (Å²) in [6, 6.07) is 0. The molecule has 0 aliphatic carbocycles. The molecule has 0 heterocycles. The zero-order valence-corrected chi connectivity index (χ0v) is 7.36. The van der Waals surface area contributed by atoms with Gasteiger partial charge in [0.25, 0.3) is 0 Å². The molecule has 0 rings (SSSR count). The van der Waals surface area contributed by atoms with Gasteiger partial charge >= 0.3 is 45.5 Å². The summed E-state index contributed by atoms with van der Waals surface area (Å²) in [7, 11) is 0. The van der Waals surface area contributed by atoms with Gasteiger partial charge in [-0.1, -0.05) is 0 Å². The minimum Gasteiger partial charge on any atom is -1.00 e. The van der Waals surface area contributed by atoms with E-state index >= 15 is 0 Å². The van der Waals surface area contributed by atoms with Crippen LogP contribution in [0.2, 0.25) is 0 Å². The van der Waals surface area contributed by atoms with E-state index in [1.54, 1.807) is 0 Å². The average Bonchev–Trinajstić information content (AvgIpc) is 0. The van der Waals surface area contributed by atoms with E-state index in [1.165, 1.54) is 0 Å². The van der Waals surface area contributed by atoms with Gasteiger partial charge in [-0.25, -0.2) is 0 Å². The Kier molecular flexibility index (Phi) is 144. The van der Waals surface area contributed by atoms with E-state index in [-0.39, 0.29) is 87.1 Å². The molecule has 0 unspecified atom stereocenters. The Bertz CT molecular complexity index is 13.5. The summed E-state index contributed by atoms with van der Waals surface area (Å²) in [6.45, 7) is 0. The molecule has 0 saturated heterocycles. The van der Waals surface area contributed by atoms with Crippen molar-refractivity contribution in [2.45, 2.75) is 0 Å². The Morgan fingerprint density at radius 1 is 1.25 bits per heavy atom. The first kappa shape index (κ1) is 32.0. The van der Waals surface area contributed by atoms with Crippen LogP contribution in [-0.4, -0.2) is 51.0 Å². The molecule has 0 aliphatic heterocycles. The first-order valence-electron chi connectivity index (χ1n) is 0. The maximum atomic E-state index is 0. The van der Waals surface area contributed by atoms with Crippen LogP contribution in [0.1, 0.15) is 2.85 Å². The largest absolute Gasteiger partial charge is 2.00 e. The molecule has 0 spiro atoms. The van der Waals surface area contributed by atoms with E-state index in [0.717, 1.165) is 0 Å². The van der Waals surface area contributed by atoms with E-state index in [4.69, 9.17) is 0 Å². The molecule has 0 aromatic carbocycles. The van der Waals surface area contributed by atoms with Gasteiger partial charge in [0.15, 0.2) is 0 Å². The van der Waals surface area contributed by atoms with Crippen molar-refractivity contribution in [2.75, 3.05) is 0 Å². The molecular formula is H4CoNiOSr. The molecule has 1 radical (unpaired) electrons. The van der Waals surface area contributed by atoms with E-state index in [2.05, 4.69) is 0 Å². The molecule has 31 valence electrons. The van der Waals surface area contributed by atoms with Crippen LogP contribution < -0.4 is 0 Å². The summed E-state index contributed by atoms with van der Waals surface area (Å²) in [4.78, 5) is 0. The van der Waals surface area contributed by atoms with Gasteiger partial charge in [-0.05, 0) is 0 Å². The van der Waals surface area contributed by atoms with Gasteiger partial charge in [-0.3, -0.25) is 0 Å². The number of rotatable bonds is 0. The summed E-state index contributed by atoms with van der Waals surface area (Å²) in [5.74, 6) is 0. The smallest absolute Gasteiger partial charge is 1.00 e. The Hall–Kier alpha value is 2.44. The second kappa shape index (κ2) is 18.0. The molecule has 0 amide bonds. The molecule has 0 aromatic rings. The Labute approximate surface area is 85.6 Å². The van der Waals surface area contributed by atoms with Crippen molar-refractivity contribution in [3.8, 4) is 0 Å². The maximum absolute atomic E-state index is 0. The monoisotopic (exact) mass is 225 g/mol. The zero-order chi connectivity index (χ0) is 0. The van der Waals surface area contributed by atoms with Gasteiger partial charge in [0.05, 0.1) is 0 Å². The maximum Gasteiger partial charge on any atom is 2.00 e. The molecule has 4 heteroatoms. The average molecular weight is 225 g/mol. The predicted octanol–water partition coefficient (Wildman–Crippen LogP) is -0.986. The SMILES string of the molecule is O.[Co].[H-].[H-].[Ni].[Sr+2]. The van der Waals surface area contributed by atoms with E-state index in [1.807, 2.05) is 0 Å². The number of hydrogen-bond donors (Lipinski definition) is 0. The first-order chi connectivity index (χ1) is 0. The Balaban J connectivity index is 0. The Morgan fingerprint density at radius 3 is 1.25 bits per heavy atom. The van der Waals surface area contributed by atoms with Crippen molar-refractivity contribution in [1.82, 2.24) is 0 Å². The fourth-order valence-electron chi connectivity index (χ4n) is 0. The van der Waals surface area contributed by atoms with E-state index in [9.17, 15) is 0 Å². The molecule has 0 atom stereocenters. The van der Waals surface area contributed by atoms with Crippen LogP contribution in [0.3, 0.4) is 0 Å². The third-order valence-corrected chi connectivity index (χ3v) is 0. The van der Waals surface area contributed by atoms with Crippen LogP contribution >= 0.6 is 0 Å². The van der Waals surface area contributed by atoms with Crippen molar-refractivity contribution in [2.24, 2.45) is 0 Å². The van der Waals surface area contributed by atoms with Gasteiger partial charge < -0.3 is 8.33 Å². The van der Waals surface area contributed by atoms with Gasteiger partial charge in [-0.2, -0.15) is 0 Å². The van der Waals surface area contributed by atoms with Crippen molar-refractivity contribution >= 4 is 45.5 Å². The molecule has 4 heavy (non-hydrogen) atoms. The van der Waals surface area contributed by atoms with Crippen LogP contribution in [0, 0.1) is 0 Å². The minimum absolute atomic E-state index is 0. The van der Waals surface area contributed by atoms with Gasteiger partial charge in [0.1, 0.15) is 0 Å². The van der Waals surface area contributed by atoms with Crippen LogP contribution in [-0.2, 0) is 33.3 Å². The molecule has 0 aliphatic rings. The quantitative estimate of drug-likeness (QED) is 0.474. The summed E-state index contributed by atoms with van der Waals surface area (Å²) in [6.07, 6.45) is 0. The molecule has 0 aromatic heterocycles. The van der Waals surface area contributed by atoms with Crippen molar-refractivity contribution in [3.05, 3.63) is 0 Å². The normalized spacial score (nSPS) is 0. The first-order valence-corrected chi connectivity index (χ1v) is 0. The summed E-state index contributed by atoms with van der Waals surface area (Å²) in [5.41, 5.74) is 0. The molecule has 0 saturated carbocycles. The second-order valence-electron chi connectivity index (χ2n) is 0. The molecule has 2 N–H and O–H groups in total. The summed E-state index contributed by atoms with van der Waals surface area (Å²) >= 11 is 0. The third-order valence-electron chi connectivity index (χ3n) is 0. The molecular weight excluding hydrogens is 221 g/mol. The third kappa shape index (κ3) is 8.83. The fraction of sp³-hybridized carbons (Fsp3) is 0. The van der Waals surface area contributed by atoms with Crippen molar-refractivity contribution in [1.29, 1.82) is 0 Å². The zero-order valence-electron chi connectivity index (χ0n) is 3.86. The molecule has 0 bridgehead atoms. The van der Waals surface area contributed by atoms with Crippen LogP contribution in [0.4, 0.5) is 0 Å². The predicted molar refractivity (Wildman–Crippen MR) is 11.6 cm³/mol. The van der Waals surface area contributed by atoms with E-state index in [0.29, 0.717) is 0 Å². The minimum atomic E-state index is 0. The Morgan fingerprint density at radius 2 is 1.25 bits per heavy atom. The van der Waals surface area contributed by atoms with Gasteiger partial charge in [0.2, 0.25) is 0 Å². The fourth-order valence-corrected chi connectivity index (χ4v) is 0. The standard InChI is InChI=1S/Co.Ni.H2O.Sr.2H/h;;1H2;;;/q;;;+2;2*-1. The van der Waals surface area contributed by atoms with Crippen LogP contribution in [0.5, 0.6) is 0 Å².